The van der Waals surface area contributed by atoms with E-state index >= 15 is 0 Å². The van der Waals surface area contributed by atoms with Crippen molar-refractivity contribution in [2.24, 2.45) is 13.0 Å². The van der Waals surface area contributed by atoms with E-state index in [1.807, 2.05) is 68.6 Å². The monoisotopic (exact) mass is 485 g/mol. The van der Waals surface area contributed by atoms with Crippen molar-refractivity contribution in [2.45, 2.75) is 32.7 Å². The van der Waals surface area contributed by atoms with Gasteiger partial charge < -0.3 is 15.1 Å². The van der Waals surface area contributed by atoms with Crippen LogP contribution in [-0.2, 0) is 24.8 Å². The zero-order valence-electron chi connectivity index (χ0n) is 20.7. The molecular formula is C28H31N5O3. The lowest BCUT2D eigenvalue weighted by Crippen LogP contribution is -2.44. The lowest BCUT2D eigenvalue weighted by atomic mass is 9.96. The summed E-state index contributed by atoms with van der Waals surface area (Å²) in [5, 5.41) is 7.54. The van der Waals surface area contributed by atoms with Gasteiger partial charge in [0.05, 0.1) is 12.5 Å². The Balaban J connectivity index is 1.32. The third kappa shape index (κ3) is 4.63. The lowest BCUT2D eigenvalue weighted by Gasteiger charge is -2.32. The van der Waals surface area contributed by atoms with Gasteiger partial charge in [0.1, 0.15) is 0 Å². The summed E-state index contributed by atoms with van der Waals surface area (Å²) in [6.07, 6.45) is 2.14. The van der Waals surface area contributed by atoms with Crippen LogP contribution in [0.3, 0.4) is 0 Å². The summed E-state index contributed by atoms with van der Waals surface area (Å²) in [6, 6.07) is 16.9. The van der Waals surface area contributed by atoms with Crippen molar-refractivity contribution in [1.82, 2.24) is 19.6 Å². The molecule has 2 aliphatic rings. The number of hydrogen-bond donors (Lipinski definition) is 1. The van der Waals surface area contributed by atoms with E-state index in [4.69, 9.17) is 0 Å². The molecule has 0 spiro atoms. The average molecular weight is 486 g/mol. The van der Waals surface area contributed by atoms with Crippen LogP contribution in [0.5, 0.6) is 0 Å². The van der Waals surface area contributed by atoms with Gasteiger partial charge in [-0.1, -0.05) is 36.4 Å². The Kier molecular flexibility index (Phi) is 6.59. The van der Waals surface area contributed by atoms with Gasteiger partial charge in [-0.05, 0) is 43.5 Å². The van der Waals surface area contributed by atoms with Crippen LogP contribution >= 0.6 is 0 Å². The first-order valence-electron chi connectivity index (χ1n) is 12.5. The van der Waals surface area contributed by atoms with Crippen LogP contribution in [0, 0.1) is 12.8 Å². The zero-order valence-corrected chi connectivity index (χ0v) is 20.7. The highest BCUT2D eigenvalue weighted by Gasteiger charge is 2.34. The maximum absolute atomic E-state index is 13.6. The number of anilines is 1. The second kappa shape index (κ2) is 9.97. The van der Waals surface area contributed by atoms with Crippen molar-refractivity contribution in [3.8, 4) is 0 Å². The Morgan fingerprint density at radius 3 is 2.47 bits per heavy atom. The molecule has 8 heteroatoms. The van der Waals surface area contributed by atoms with Crippen molar-refractivity contribution >= 4 is 23.4 Å². The molecule has 1 aromatic heterocycles. The van der Waals surface area contributed by atoms with Crippen LogP contribution in [0.4, 0.5) is 5.69 Å². The molecule has 2 aromatic carbocycles. The molecule has 0 radical (unpaired) electrons. The number of fused-ring (bicyclic) bond motifs is 1. The molecule has 1 fully saturated rings. The number of nitrogens with one attached hydrogen (secondary N) is 1. The van der Waals surface area contributed by atoms with Gasteiger partial charge in [-0.3, -0.25) is 19.1 Å². The van der Waals surface area contributed by atoms with E-state index < -0.39 is 0 Å². The highest BCUT2D eigenvalue weighted by molar-refractivity contribution is 5.98. The molecule has 8 nitrogen and oxygen atoms in total. The third-order valence-electron chi connectivity index (χ3n) is 7.23. The van der Waals surface area contributed by atoms with Gasteiger partial charge in [0.25, 0.3) is 11.8 Å². The van der Waals surface area contributed by atoms with Crippen molar-refractivity contribution in [3.05, 3.63) is 82.7 Å². The normalized spacial score (nSPS) is 17.4. The molecule has 5 rings (SSSR count). The molecule has 0 unspecified atom stereocenters. The van der Waals surface area contributed by atoms with Crippen molar-refractivity contribution in [3.63, 3.8) is 0 Å². The fraction of sp³-hybridized carbons (Fsp3) is 0.357. The van der Waals surface area contributed by atoms with Crippen molar-refractivity contribution < 1.29 is 14.4 Å². The molecule has 1 saturated heterocycles. The van der Waals surface area contributed by atoms with E-state index in [0.29, 0.717) is 43.9 Å². The number of carbonyl (C=O) groups excluding carboxylic acids is 3. The first-order chi connectivity index (χ1) is 17.4. The second-order valence-corrected chi connectivity index (χ2v) is 9.63. The van der Waals surface area contributed by atoms with E-state index in [1.165, 1.54) is 0 Å². The van der Waals surface area contributed by atoms with Gasteiger partial charge in [0.15, 0.2) is 5.69 Å². The first-order valence-corrected chi connectivity index (χ1v) is 12.5. The number of likely N-dealkylation sites (tertiary alicyclic amines) is 1. The summed E-state index contributed by atoms with van der Waals surface area (Å²) in [6.45, 7) is 3.81. The minimum atomic E-state index is -0.276. The molecule has 3 heterocycles. The molecular weight excluding hydrogens is 454 g/mol. The quantitative estimate of drug-likeness (QED) is 0.614. The standard InChI is InChI=1S/C28H31N5O3/c1-19-9-6-7-13-22(19)27(35)33-16-14-24-23(18-33)25(30-31(24)2)28(36)32-15-8-10-20(17-32)26(34)29-21-11-4-3-5-12-21/h3-7,9,11-13,20H,8,10,14-18H2,1-2H3,(H,29,34)/t20-/m0/s1. The van der Waals surface area contributed by atoms with Gasteiger partial charge in [-0.15, -0.1) is 0 Å². The van der Waals surface area contributed by atoms with E-state index in [1.54, 1.807) is 14.5 Å². The number of aryl methyl sites for hydroxylation is 2. The highest BCUT2D eigenvalue weighted by atomic mass is 16.2. The van der Waals surface area contributed by atoms with Gasteiger partial charge in [-0.2, -0.15) is 5.10 Å². The fourth-order valence-corrected chi connectivity index (χ4v) is 5.21. The molecule has 2 aliphatic heterocycles. The largest absolute Gasteiger partial charge is 0.336 e. The summed E-state index contributed by atoms with van der Waals surface area (Å²) >= 11 is 0. The molecule has 3 amide bonds. The average Bonchev–Trinajstić information content (AvgIpc) is 3.24. The SMILES string of the molecule is Cc1ccccc1C(=O)N1CCc2c(c(C(=O)N3CCC[C@H](C(=O)Nc4ccccc4)C3)nn2C)C1. The Labute approximate surface area is 210 Å². The molecule has 3 aromatic rings. The number of aromatic nitrogens is 2. The van der Waals surface area contributed by atoms with Crippen LogP contribution < -0.4 is 5.32 Å². The minimum absolute atomic E-state index is 0.0309. The molecule has 1 N–H and O–H groups in total. The van der Waals surface area contributed by atoms with Gasteiger partial charge >= 0.3 is 0 Å². The molecule has 0 saturated carbocycles. The summed E-state index contributed by atoms with van der Waals surface area (Å²) in [4.78, 5) is 43.3. The highest BCUT2D eigenvalue weighted by Crippen LogP contribution is 2.27. The smallest absolute Gasteiger partial charge is 0.274 e. The second-order valence-electron chi connectivity index (χ2n) is 9.63. The predicted octanol–water partition coefficient (Wildman–Crippen LogP) is 3.42. The van der Waals surface area contributed by atoms with E-state index in [9.17, 15) is 14.4 Å². The van der Waals surface area contributed by atoms with Crippen LogP contribution in [-0.4, -0.2) is 56.9 Å². The fourth-order valence-electron chi connectivity index (χ4n) is 5.21. The summed E-state index contributed by atoms with van der Waals surface area (Å²) in [5.41, 5.74) is 4.56. The molecule has 186 valence electrons. The predicted molar refractivity (Wildman–Crippen MR) is 137 cm³/mol. The third-order valence-corrected chi connectivity index (χ3v) is 7.23. The minimum Gasteiger partial charge on any atom is -0.336 e. The number of carbonyl (C=O) groups is 3. The molecule has 36 heavy (non-hydrogen) atoms. The Morgan fingerprint density at radius 2 is 1.69 bits per heavy atom. The van der Waals surface area contributed by atoms with Crippen LogP contribution in [0.2, 0.25) is 0 Å². The number of hydrogen-bond acceptors (Lipinski definition) is 4. The zero-order chi connectivity index (χ0) is 25.2. The molecule has 0 aliphatic carbocycles. The lowest BCUT2D eigenvalue weighted by molar-refractivity contribution is -0.121. The van der Waals surface area contributed by atoms with E-state index in [-0.39, 0.29) is 23.6 Å². The van der Waals surface area contributed by atoms with Crippen LogP contribution in [0.1, 0.15) is 50.5 Å². The molecule has 0 bridgehead atoms. The van der Waals surface area contributed by atoms with Crippen molar-refractivity contribution in [2.75, 3.05) is 25.0 Å². The number of para-hydroxylation sites is 1. The number of amides is 3. The van der Waals surface area contributed by atoms with Gasteiger partial charge in [0, 0.05) is 55.6 Å². The Bertz CT molecular complexity index is 1300. The number of piperidine rings is 1. The number of benzene rings is 2. The summed E-state index contributed by atoms with van der Waals surface area (Å²) in [7, 11) is 1.85. The summed E-state index contributed by atoms with van der Waals surface area (Å²) in [5.74, 6) is -0.552. The van der Waals surface area contributed by atoms with E-state index in [2.05, 4.69) is 10.4 Å². The van der Waals surface area contributed by atoms with Crippen LogP contribution in [0.25, 0.3) is 0 Å². The first kappa shape index (κ1) is 23.8. The number of nitrogens with zero attached hydrogens (tertiary/aromatic N) is 4. The van der Waals surface area contributed by atoms with Crippen molar-refractivity contribution in [1.29, 1.82) is 0 Å². The van der Waals surface area contributed by atoms with Crippen LogP contribution in [0.15, 0.2) is 54.6 Å². The Hall–Kier alpha value is -3.94. The van der Waals surface area contributed by atoms with Gasteiger partial charge in [0.2, 0.25) is 5.91 Å². The number of rotatable bonds is 4. The van der Waals surface area contributed by atoms with Gasteiger partial charge in [-0.25, -0.2) is 0 Å². The summed E-state index contributed by atoms with van der Waals surface area (Å²) < 4.78 is 1.77. The maximum atomic E-state index is 13.6. The topological polar surface area (TPSA) is 87.5 Å². The van der Waals surface area contributed by atoms with E-state index in [0.717, 1.165) is 35.3 Å². The molecule has 1 atom stereocenters. The maximum Gasteiger partial charge on any atom is 0.274 e. The Morgan fingerprint density at radius 1 is 0.944 bits per heavy atom.